The van der Waals surface area contributed by atoms with Crippen LogP contribution >= 0.6 is 0 Å². The highest BCUT2D eigenvalue weighted by molar-refractivity contribution is 5.91. The van der Waals surface area contributed by atoms with Crippen LogP contribution in [0.5, 0.6) is 0 Å². The van der Waals surface area contributed by atoms with Gasteiger partial charge in [0, 0.05) is 12.1 Å². The number of nitrogens with one attached hydrogen (secondary N) is 1. The molecule has 1 fully saturated rings. The number of anilines is 1. The zero-order valence-electron chi connectivity index (χ0n) is 10.3. The van der Waals surface area contributed by atoms with Crippen molar-refractivity contribution in [1.82, 2.24) is 9.88 Å². The third-order valence-electron chi connectivity index (χ3n) is 3.19. The molecule has 0 aliphatic carbocycles. The fourth-order valence-electron chi connectivity index (χ4n) is 2.15. The number of carbonyl (C=O) groups is 1. The van der Waals surface area contributed by atoms with Crippen LogP contribution in [0.1, 0.15) is 12.8 Å². The Morgan fingerprint density at radius 2 is 2.28 bits per heavy atom. The summed E-state index contributed by atoms with van der Waals surface area (Å²) in [5.41, 5.74) is 0. The van der Waals surface area contributed by atoms with Crippen LogP contribution in [0.4, 0.5) is 5.82 Å². The van der Waals surface area contributed by atoms with E-state index in [1.807, 2.05) is 12.1 Å². The Balaban J connectivity index is 1.83. The molecule has 0 spiro atoms. The van der Waals surface area contributed by atoms with E-state index < -0.39 is 0 Å². The van der Waals surface area contributed by atoms with Gasteiger partial charge in [0.25, 0.3) is 0 Å². The summed E-state index contributed by atoms with van der Waals surface area (Å²) < 4.78 is 0. The van der Waals surface area contributed by atoms with Crippen molar-refractivity contribution in [2.45, 2.75) is 12.8 Å². The first-order chi connectivity index (χ1) is 8.79. The fraction of sp³-hybridized carbons (Fsp3) is 0.429. The van der Waals surface area contributed by atoms with Crippen molar-refractivity contribution in [2.24, 2.45) is 5.92 Å². The molecule has 1 aromatic heterocycles. The molecule has 1 saturated heterocycles. The Morgan fingerprint density at radius 1 is 1.50 bits per heavy atom. The third kappa shape index (κ3) is 3.31. The standard InChI is InChI=1S/C14H17N3O/c1-2-9-17-10-6-12(7-11-17)14(18)16-13-5-3-4-8-15-13/h1,3-5,8,12H,6-7,9-11H2,(H,15,16,18). The van der Waals surface area contributed by atoms with Gasteiger partial charge in [-0.2, -0.15) is 0 Å². The molecule has 2 rings (SSSR count). The summed E-state index contributed by atoms with van der Waals surface area (Å²) in [5, 5.41) is 2.85. The van der Waals surface area contributed by atoms with Crippen molar-refractivity contribution in [1.29, 1.82) is 0 Å². The second-order valence-electron chi connectivity index (χ2n) is 4.46. The number of hydrogen-bond acceptors (Lipinski definition) is 3. The number of nitrogens with zero attached hydrogens (tertiary/aromatic N) is 2. The van der Waals surface area contributed by atoms with E-state index in [4.69, 9.17) is 6.42 Å². The van der Waals surface area contributed by atoms with Gasteiger partial charge in [0.05, 0.1) is 6.54 Å². The van der Waals surface area contributed by atoms with Crippen molar-refractivity contribution >= 4 is 11.7 Å². The number of terminal acetylenes is 1. The number of amides is 1. The first-order valence-corrected chi connectivity index (χ1v) is 6.17. The average molecular weight is 243 g/mol. The zero-order valence-corrected chi connectivity index (χ0v) is 10.3. The van der Waals surface area contributed by atoms with Gasteiger partial charge in [0.2, 0.25) is 5.91 Å². The summed E-state index contributed by atoms with van der Waals surface area (Å²) in [6, 6.07) is 5.48. The molecule has 1 aliphatic heterocycles. The molecule has 1 aliphatic rings. The average Bonchev–Trinajstić information content (AvgIpc) is 2.41. The molecule has 4 nitrogen and oxygen atoms in total. The normalized spacial score (nSPS) is 17.1. The van der Waals surface area contributed by atoms with E-state index in [0.29, 0.717) is 12.4 Å². The van der Waals surface area contributed by atoms with E-state index in [1.54, 1.807) is 12.3 Å². The second-order valence-corrected chi connectivity index (χ2v) is 4.46. The molecule has 18 heavy (non-hydrogen) atoms. The molecule has 0 bridgehead atoms. The lowest BCUT2D eigenvalue weighted by Gasteiger charge is -2.29. The maximum Gasteiger partial charge on any atom is 0.228 e. The van der Waals surface area contributed by atoms with Gasteiger partial charge in [0.15, 0.2) is 0 Å². The molecule has 1 N–H and O–H groups in total. The predicted molar refractivity (Wildman–Crippen MR) is 70.9 cm³/mol. The number of rotatable bonds is 3. The Bertz CT molecular complexity index is 430. The van der Waals surface area contributed by atoms with Gasteiger partial charge >= 0.3 is 0 Å². The van der Waals surface area contributed by atoms with Gasteiger partial charge in [-0.05, 0) is 38.1 Å². The minimum absolute atomic E-state index is 0.0639. The smallest absolute Gasteiger partial charge is 0.228 e. The Labute approximate surface area is 107 Å². The van der Waals surface area contributed by atoms with E-state index in [1.165, 1.54) is 0 Å². The van der Waals surface area contributed by atoms with E-state index in [0.717, 1.165) is 25.9 Å². The van der Waals surface area contributed by atoms with Crippen LogP contribution < -0.4 is 5.32 Å². The van der Waals surface area contributed by atoms with Crippen LogP contribution in [0.3, 0.4) is 0 Å². The first-order valence-electron chi connectivity index (χ1n) is 6.17. The van der Waals surface area contributed by atoms with Crippen molar-refractivity contribution in [3.05, 3.63) is 24.4 Å². The maximum absolute atomic E-state index is 12.0. The number of piperidine rings is 1. The van der Waals surface area contributed by atoms with Gasteiger partial charge in [-0.1, -0.05) is 12.0 Å². The van der Waals surface area contributed by atoms with Gasteiger partial charge in [-0.15, -0.1) is 6.42 Å². The monoisotopic (exact) mass is 243 g/mol. The van der Waals surface area contributed by atoms with Gasteiger partial charge in [0.1, 0.15) is 5.82 Å². The molecule has 0 aromatic carbocycles. The SMILES string of the molecule is C#CCN1CCC(C(=O)Nc2ccccn2)CC1. The molecule has 0 radical (unpaired) electrons. The summed E-state index contributed by atoms with van der Waals surface area (Å²) >= 11 is 0. The molecule has 0 atom stereocenters. The van der Waals surface area contributed by atoms with E-state index >= 15 is 0 Å². The molecular weight excluding hydrogens is 226 g/mol. The quantitative estimate of drug-likeness (QED) is 0.815. The number of likely N-dealkylation sites (tertiary alicyclic amines) is 1. The predicted octanol–water partition coefficient (Wildman–Crippen LogP) is 1.37. The first kappa shape index (κ1) is 12.6. The maximum atomic E-state index is 12.0. The zero-order chi connectivity index (χ0) is 12.8. The van der Waals surface area contributed by atoms with Crippen molar-refractivity contribution in [2.75, 3.05) is 25.0 Å². The highest BCUT2D eigenvalue weighted by atomic mass is 16.1. The van der Waals surface area contributed by atoms with Gasteiger partial charge < -0.3 is 5.32 Å². The fourth-order valence-corrected chi connectivity index (χ4v) is 2.15. The van der Waals surface area contributed by atoms with Crippen LogP contribution in [0, 0.1) is 18.3 Å². The lowest BCUT2D eigenvalue weighted by Crippen LogP contribution is -2.38. The molecule has 94 valence electrons. The number of pyridine rings is 1. The summed E-state index contributed by atoms with van der Waals surface area (Å²) in [7, 11) is 0. The molecule has 1 amide bonds. The van der Waals surface area contributed by atoms with Gasteiger partial charge in [-0.25, -0.2) is 4.98 Å². The van der Waals surface area contributed by atoms with E-state index in [-0.39, 0.29) is 11.8 Å². The molecule has 0 unspecified atom stereocenters. The lowest BCUT2D eigenvalue weighted by molar-refractivity contribution is -0.121. The highest BCUT2D eigenvalue weighted by Crippen LogP contribution is 2.18. The van der Waals surface area contributed by atoms with E-state index in [2.05, 4.69) is 21.1 Å². The molecule has 2 heterocycles. The Kier molecular flexibility index (Phi) is 4.32. The number of carbonyl (C=O) groups excluding carboxylic acids is 1. The van der Waals surface area contributed by atoms with Crippen molar-refractivity contribution in [3.63, 3.8) is 0 Å². The lowest BCUT2D eigenvalue weighted by atomic mass is 9.96. The van der Waals surface area contributed by atoms with Crippen LogP contribution in [-0.2, 0) is 4.79 Å². The Morgan fingerprint density at radius 3 is 2.89 bits per heavy atom. The highest BCUT2D eigenvalue weighted by Gasteiger charge is 2.24. The molecule has 1 aromatic rings. The summed E-state index contributed by atoms with van der Waals surface area (Å²) in [6.45, 7) is 2.46. The van der Waals surface area contributed by atoms with Crippen LogP contribution in [0.2, 0.25) is 0 Å². The molecule has 4 heteroatoms. The number of hydrogen-bond donors (Lipinski definition) is 1. The van der Waals surface area contributed by atoms with Crippen LogP contribution in [-0.4, -0.2) is 35.4 Å². The van der Waals surface area contributed by atoms with E-state index in [9.17, 15) is 4.79 Å². The molecular formula is C14H17N3O. The Hall–Kier alpha value is -1.86. The minimum Gasteiger partial charge on any atom is -0.310 e. The largest absolute Gasteiger partial charge is 0.310 e. The topological polar surface area (TPSA) is 45.2 Å². The summed E-state index contributed by atoms with van der Waals surface area (Å²) in [4.78, 5) is 18.3. The van der Waals surface area contributed by atoms with Crippen molar-refractivity contribution in [3.8, 4) is 12.3 Å². The molecule has 0 saturated carbocycles. The third-order valence-corrected chi connectivity index (χ3v) is 3.19. The number of aromatic nitrogens is 1. The van der Waals surface area contributed by atoms with Gasteiger partial charge in [-0.3, -0.25) is 9.69 Å². The summed E-state index contributed by atoms with van der Waals surface area (Å²) in [6.07, 6.45) is 8.67. The minimum atomic E-state index is 0.0639. The van der Waals surface area contributed by atoms with Crippen LogP contribution in [0.15, 0.2) is 24.4 Å². The second kappa shape index (κ2) is 6.18. The summed E-state index contributed by atoms with van der Waals surface area (Å²) in [5.74, 6) is 3.39. The van der Waals surface area contributed by atoms with Crippen LogP contribution in [0.25, 0.3) is 0 Å². The van der Waals surface area contributed by atoms with Crippen molar-refractivity contribution < 1.29 is 4.79 Å².